The Balaban J connectivity index is 3.47. The minimum atomic E-state index is -3.93. The van der Waals surface area contributed by atoms with E-state index >= 15 is 0 Å². The largest absolute Gasteiger partial charge is 0.472 e. The number of carbonyl (C=O) groups is 1. The summed E-state index contributed by atoms with van der Waals surface area (Å²) in [5.74, 6) is -0.385. The highest BCUT2D eigenvalue weighted by Crippen LogP contribution is 2.43. The molecule has 1 unspecified atom stereocenters. The summed E-state index contributed by atoms with van der Waals surface area (Å²) < 4.78 is 27.1. The van der Waals surface area contributed by atoms with E-state index < -0.39 is 7.82 Å². The fraction of sp³-hybridized carbons (Fsp3) is 0.812. The smallest absolute Gasteiger partial charge is 0.463 e. The van der Waals surface area contributed by atoms with Crippen LogP contribution in [-0.4, -0.2) is 62.9 Å². The first-order valence-electron chi connectivity index (χ1n) is 8.38. The molecule has 0 saturated heterocycles. The first kappa shape index (κ1) is 23.3. The molecule has 8 heteroatoms. The Morgan fingerprint density at radius 3 is 2.04 bits per heavy atom. The van der Waals surface area contributed by atoms with Crippen LogP contribution in [0.5, 0.6) is 0 Å². The summed E-state index contributed by atoms with van der Waals surface area (Å²) in [5.41, 5.74) is 0. The van der Waals surface area contributed by atoms with E-state index in [1.807, 2.05) is 21.1 Å². The van der Waals surface area contributed by atoms with Crippen molar-refractivity contribution in [2.24, 2.45) is 0 Å². The molecule has 0 aromatic heterocycles. The summed E-state index contributed by atoms with van der Waals surface area (Å²) in [5, 5.41) is 0. The molecule has 1 atom stereocenters. The maximum atomic E-state index is 11.6. The molecule has 0 aromatic rings. The standard InChI is InChI=1S/C16H32NO6P/c1-5-16(18)21-13-10-8-6-7-9-11-14-22-24(19,20)23-15-12-17(2,3)4/h5H,1,6-15H2,2-4H3/p+1. The highest BCUT2D eigenvalue weighted by atomic mass is 31.2. The van der Waals surface area contributed by atoms with Crippen molar-refractivity contribution in [2.45, 2.75) is 38.5 Å². The number of ether oxygens (including phenoxy) is 1. The molecule has 0 heterocycles. The Morgan fingerprint density at radius 2 is 1.50 bits per heavy atom. The molecule has 0 bridgehead atoms. The van der Waals surface area contributed by atoms with E-state index in [0.717, 1.165) is 38.2 Å². The molecule has 24 heavy (non-hydrogen) atoms. The number of phosphoric ester groups is 1. The predicted octanol–water partition coefficient (Wildman–Crippen LogP) is 2.90. The Kier molecular flexibility index (Phi) is 12.2. The van der Waals surface area contributed by atoms with Crippen molar-refractivity contribution in [1.82, 2.24) is 0 Å². The number of unbranched alkanes of at least 4 members (excludes halogenated alkanes) is 5. The van der Waals surface area contributed by atoms with Gasteiger partial charge in [-0.3, -0.25) is 9.05 Å². The van der Waals surface area contributed by atoms with E-state index in [4.69, 9.17) is 13.8 Å². The van der Waals surface area contributed by atoms with Gasteiger partial charge in [0.2, 0.25) is 0 Å². The number of hydrogen-bond acceptors (Lipinski definition) is 5. The molecular weight excluding hydrogens is 333 g/mol. The first-order chi connectivity index (χ1) is 11.2. The van der Waals surface area contributed by atoms with Gasteiger partial charge in [0.1, 0.15) is 13.2 Å². The topological polar surface area (TPSA) is 82.1 Å². The normalized spacial score (nSPS) is 14.2. The maximum absolute atomic E-state index is 11.6. The van der Waals surface area contributed by atoms with Crippen LogP contribution in [-0.2, 0) is 23.1 Å². The van der Waals surface area contributed by atoms with Crippen LogP contribution in [0.1, 0.15) is 38.5 Å². The lowest BCUT2D eigenvalue weighted by atomic mass is 10.1. The van der Waals surface area contributed by atoms with E-state index in [2.05, 4.69) is 6.58 Å². The molecule has 0 rings (SSSR count). The van der Waals surface area contributed by atoms with E-state index in [0.29, 0.717) is 24.1 Å². The zero-order valence-electron chi connectivity index (χ0n) is 15.2. The minimum absolute atomic E-state index is 0.188. The summed E-state index contributed by atoms with van der Waals surface area (Å²) in [6.07, 6.45) is 6.66. The van der Waals surface area contributed by atoms with E-state index in [9.17, 15) is 14.3 Å². The molecule has 0 spiro atoms. The van der Waals surface area contributed by atoms with Crippen LogP contribution in [0.15, 0.2) is 12.7 Å². The van der Waals surface area contributed by atoms with E-state index in [1.165, 1.54) is 0 Å². The highest BCUT2D eigenvalue weighted by Gasteiger charge is 2.21. The maximum Gasteiger partial charge on any atom is 0.472 e. The van der Waals surface area contributed by atoms with Crippen molar-refractivity contribution < 1.29 is 32.5 Å². The van der Waals surface area contributed by atoms with Crippen LogP contribution in [0.4, 0.5) is 0 Å². The number of hydrogen-bond donors (Lipinski definition) is 1. The molecule has 0 fully saturated rings. The number of nitrogens with zero attached hydrogens (tertiary/aromatic N) is 1. The van der Waals surface area contributed by atoms with Crippen molar-refractivity contribution >= 4 is 13.8 Å². The van der Waals surface area contributed by atoms with Crippen molar-refractivity contribution in [3.05, 3.63) is 12.7 Å². The predicted molar refractivity (Wildman–Crippen MR) is 93.5 cm³/mol. The molecule has 0 aliphatic carbocycles. The lowest BCUT2D eigenvalue weighted by Crippen LogP contribution is -2.37. The SMILES string of the molecule is C=CC(=O)OCCCCCCCCOP(=O)(O)OCC[N+](C)(C)C. The number of quaternary nitrogens is 1. The molecule has 0 aromatic carbocycles. The number of esters is 1. The Hall–Kier alpha value is -0.720. The van der Waals surface area contributed by atoms with Crippen LogP contribution in [0, 0.1) is 0 Å². The Morgan fingerprint density at radius 1 is 1.00 bits per heavy atom. The summed E-state index contributed by atoms with van der Waals surface area (Å²) in [4.78, 5) is 20.3. The minimum Gasteiger partial charge on any atom is -0.463 e. The Labute approximate surface area is 145 Å². The third-order valence-electron chi connectivity index (χ3n) is 3.22. The second-order valence-corrected chi connectivity index (χ2v) is 8.10. The van der Waals surface area contributed by atoms with Gasteiger partial charge in [0, 0.05) is 6.08 Å². The molecule has 7 nitrogen and oxygen atoms in total. The van der Waals surface area contributed by atoms with Crippen molar-refractivity contribution in [3.63, 3.8) is 0 Å². The zero-order valence-corrected chi connectivity index (χ0v) is 16.1. The van der Waals surface area contributed by atoms with E-state index in [1.54, 1.807) is 0 Å². The summed E-state index contributed by atoms with van der Waals surface area (Å²) >= 11 is 0. The van der Waals surface area contributed by atoms with Gasteiger partial charge in [0.25, 0.3) is 0 Å². The van der Waals surface area contributed by atoms with Crippen LogP contribution >= 0.6 is 7.82 Å². The van der Waals surface area contributed by atoms with Gasteiger partial charge in [-0.15, -0.1) is 0 Å². The van der Waals surface area contributed by atoms with Crippen molar-refractivity contribution in [2.75, 3.05) is 47.5 Å². The van der Waals surface area contributed by atoms with Gasteiger partial charge in [-0.2, -0.15) is 0 Å². The van der Waals surface area contributed by atoms with Gasteiger partial charge >= 0.3 is 13.8 Å². The van der Waals surface area contributed by atoms with Crippen LogP contribution in [0.3, 0.4) is 0 Å². The summed E-state index contributed by atoms with van der Waals surface area (Å²) in [6, 6.07) is 0. The van der Waals surface area contributed by atoms with Gasteiger partial charge in [0.15, 0.2) is 0 Å². The van der Waals surface area contributed by atoms with Gasteiger partial charge in [0.05, 0.1) is 34.4 Å². The van der Waals surface area contributed by atoms with Gasteiger partial charge < -0.3 is 14.1 Å². The van der Waals surface area contributed by atoms with Gasteiger partial charge in [-0.1, -0.05) is 32.3 Å². The number of carbonyl (C=O) groups excluding carboxylic acids is 1. The third kappa shape index (κ3) is 16.1. The lowest BCUT2D eigenvalue weighted by molar-refractivity contribution is -0.870. The van der Waals surface area contributed by atoms with Gasteiger partial charge in [-0.05, 0) is 12.8 Å². The first-order valence-corrected chi connectivity index (χ1v) is 9.87. The third-order valence-corrected chi connectivity index (χ3v) is 4.24. The van der Waals surface area contributed by atoms with Crippen LogP contribution in [0.25, 0.3) is 0 Å². The summed E-state index contributed by atoms with van der Waals surface area (Å²) in [6.45, 7) is 4.79. The quantitative estimate of drug-likeness (QED) is 0.158. The molecule has 0 aliphatic rings. The number of rotatable bonds is 15. The zero-order chi connectivity index (χ0) is 18.5. The molecule has 0 amide bonds. The Bertz CT molecular complexity index is 408. The molecule has 0 aliphatic heterocycles. The summed E-state index contributed by atoms with van der Waals surface area (Å²) in [7, 11) is 2.02. The molecule has 1 N–H and O–H groups in total. The molecule has 142 valence electrons. The van der Waals surface area contributed by atoms with Crippen LogP contribution < -0.4 is 0 Å². The monoisotopic (exact) mass is 366 g/mol. The molecular formula is C16H33NO6P+. The number of likely N-dealkylation sites (N-methyl/N-ethyl adjacent to an activating group) is 1. The highest BCUT2D eigenvalue weighted by molar-refractivity contribution is 7.47. The average molecular weight is 366 g/mol. The second kappa shape index (κ2) is 12.6. The lowest BCUT2D eigenvalue weighted by Gasteiger charge is -2.24. The van der Waals surface area contributed by atoms with Crippen LogP contribution in [0.2, 0.25) is 0 Å². The van der Waals surface area contributed by atoms with Crippen molar-refractivity contribution in [1.29, 1.82) is 0 Å². The second-order valence-electron chi connectivity index (χ2n) is 6.64. The number of phosphoric acid groups is 1. The van der Waals surface area contributed by atoms with Gasteiger partial charge in [-0.25, -0.2) is 9.36 Å². The fourth-order valence-corrected chi connectivity index (χ4v) is 2.54. The molecule has 0 saturated carbocycles. The van der Waals surface area contributed by atoms with Crippen molar-refractivity contribution in [3.8, 4) is 0 Å². The fourth-order valence-electron chi connectivity index (χ4n) is 1.79. The van der Waals surface area contributed by atoms with E-state index in [-0.39, 0.29) is 19.2 Å². The molecule has 0 radical (unpaired) electrons. The average Bonchev–Trinajstić information content (AvgIpc) is 2.47.